The Morgan fingerprint density at radius 1 is 1.29 bits per heavy atom. The monoisotopic (exact) mass is 304 g/mol. The molecule has 1 aromatic carbocycles. The first-order chi connectivity index (χ1) is 10.2. The lowest BCUT2D eigenvalue weighted by Crippen LogP contribution is -2.60. The van der Waals surface area contributed by atoms with Crippen molar-refractivity contribution < 1.29 is 0 Å². The summed E-state index contributed by atoms with van der Waals surface area (Å²) in [6, 6.07) is 11.6. The lowest BCUT2D eigenvalue weighted by molar-refractivity contribution is 0.0816. The average Bonchev–Trinajstić information content (AvgIpc) is 2.96. The van der Waals surface area contributed by atoms with Crippen LogP contribution in [0.3, 0.4) is 0 Å². The molecule has 1 spiro atoms. The van der Waals surface area contributed by atoms with Crippen LogP contribution in [0, 0.1) is 0 Å². The molecule has 0 aromatic heterocycles. The Morgan fingerprint density at radius 3 is 2.67 bits per heavy atom. The Hall–Kier alpha value is -0.510. The van der Waals surface area contributed by atoms with E-state index in [9.17, 15) is 0 Å². The van der Waals surface area contributed by atoms with Crippen molar-refractivity contribution in [2.24, 2.45) is 0 Å². The van der Waals surface area contributed by atoms with Gasteiger partial charge in [-0.05, 0) is 24.7 Å². The second-order valence-corrected chi connectivity index (χ2v) is 8.05. The quantitative estimate of drug-likeness (QED) is 0.913. The summed E-state index contributed by atoms with van der Waals surface area (Å²) in [5.74, 6) is 0. The third-order valence-electron chi connectivity index (χ3n) is 5.26. The van der Waals surface area contributed by atoms with Gasteiger partial charge in [-0.1, -0.05) is 50.1 Å². The molecule has 1 saturated heterocycles. The topological polar surface area (TPSA) is 15.3 Å². The van der Waals surface area contributed by atoms with Gasteiger partial charge in [-0.15, -0.1) is 0 Å². The number of benzene rings is 1. The van der Waals surface area contributed by atoms with Gasteiger partial charge in [0.05, 0.1) is 0 Å². The number of thioether (sulfide) groups is 1. The fraction of sp³-hybridized carbons (Fsp3) is 0.667. The van der Waals surface area contributed by atoms with Crippen molar-refractivity contribution in [2.75, 3.05) is 25.9 Å². The summed E-state index contributed by atoms with van der Waals surface area (Å²) in [4.78, 5) is 2.75. The number of hydrogen-bond donors (Lipinski definition) is 1. The zero-order valence-corrected chi connectivity index (χ0v) is 14.2. The maximum absolute atomic E-state index is 3.92. The zero-order chi connectivity index (χ0) is 14.7. The molecule has 2 fully saturated rings. The number of piperazine rings is 1. The molecular weight excluding hydrogens is 276 g/mol. The van der Waals surface area contributed by atoms with Gasteiger partial charge in [0.2, 0.25) is 0 Å². The molecule has 1 aliphatic carbocycles. The minimum atomic E-state index is 0.406. The standard InChI is InChI=1S/C18H28N2S/c1-15(21-2)13-20-14-18(10-6-7-11-18)19-12-17(20)16-8-4-3-5-9-16/h3-5,8-9,15,17,19H,6-7,10-14H2,1-2H3. The van der Waals surface area contributed by atoms with Crippen molar-refractivity contribution in [2.45, 2.75) is 49.4 Å². The van der Waals surface area contributed by atoms with E-state index in [2.05, 4.69) is 53.7 Å². The first-order valence-corrected chi connectivity index (χ1v) is 9.58. The molecule has 2 aliphatic rings. The SMILES string of the molecule is CSC(C)CN1CC2(CCCC2)NCC1c1ccccc1. The van der Waals surface area contributed by atoms with E-state index >= 15 is 0 Å². The van der Waals surface area contributed by atoms with Crippen molar-refractivity contribution in [3.63, 3.8) is 0 Å². The molecular formula is C18H28N2S. The van der Waals surface area contributed by atoms with Crippen LogP contribution in [0.1, 0.15) is 44.2 Å². The third kappa shape index (κ3) is 3.46. The van der Waals surface area contributed by atoms with Gasteiger partial charge in [0.15, 0.2) is 0 Å². The van der Waals surface area contributed by atoms with Crippen LogP contribution in [0.15, 0.2) is 30.3 Å². The minimum Gasteiger partial charge on any atom is -0.308 e. The number of nitrogens with zero attached hydrogens (tertiary/aromatic N) is 1. The lowest BCUT2D eigenvalue weighted by atomic mass is 9.90. The summed E-state index contributed by atoms with van der Waals surface area (Å²) in [6.07, 6.45) is 7.75. The van der Waals surface area contributed by atoms with Crippen LogP contribution >= 0.6 is 11.8 Å². The number of nitrogens with one attached hydrogen (secondary N) is 1. The molecule has 0 bridgehead atoms. The first kappa shape index (κ1) is 15.4. The van der Waals surface area contributed by atoms with E-state index in [1.54, 1.807) is 0 Å². The summed E-state index contributed by atoms with van der Waals surface area (Å²) < 4.78 is 0. The van der Waals surface area contributed by atoms with Gasteiger partial charge in [-0.3, -0.25) is 4.90 Å². The van der Waals surface area contributed by atoms with E-state index in [-0.39, 0.29) is 0 Å². The molecule has 1 aliphatic heterocycles. The van der Waals surface area contributed by atoms with Gasteiger partial charge in [0.1, 0.15) is 0 Å². The summed E-state index contributed by atoms with van der Waals surface area (Å²) in [6.45, 7) is 5.88. The summed E-state index contributed by atoms with van der Waals surface area (Å²) in [7, 11) is 0. The molecule has 2 atom stereocenters. The predicted molar refractivity (Wildman–Crippen MR) is 92.9 cm³/mol. The Labute approximate surface area is 133 Å². The summed E-state index contributed by atoms with van der Waals surface area (Å²) in [5, 5.41) is 4.62. The maximum Gasteiger partial charge on any atom is 0.0474 e. The Balaban J connectivity index is 1.78. The average molecular weight is 305 g/mol. The van der Waals surface area contributed by atoms with E-state index in [0.717, 1.165) is 6.54 Å². The highest BCUT2D eigenvalue weighted by atomic mass is 32.2. The van der Waals surface area contributed by atoms with Gasteiger partial charge in [-0.25, -0.2) is 0 Å². The molecule has 116 valence electrons. The van der Waals surface area contributed by atoms with E-state index in [1.807, 2.05) is 11.8 Å². The molecule has 1 N–H and O–H groups in total. The van der Waals surface area contributed by atoms with Crippen LogP contribution in [0.4, 0.5) is 0 Å². The maximum atomic E-state index is 3.92. The molecule has 1 aromatic rings. The molecule has 0 radical (unpaired) electrons. The molecule has 1 heterocycles. The van der Waals surface area contributed by atoms with Crippen LogP contribution in [-0.2, 0) is 0 Å². The van der Waals surface area contributed by atoms with Crippen molar-refractivity contribution in [3.05, 3.63) is 35.9 Å². The summed E-state index contributed by atoms with van der Waals surface area (Å²) >= 11 is 1.98. The van der Waals surface area contributed by atoms with Gasteiger partial charge < -0.3 is 5.32 Å². The molecule has 3 rings (SSSR count). The second-order valence-electron chi connectivity index (χ2n) is 6.77. The molecule has 0 amide bonds. The largest absolute Gasteiger partial charge is 0.308 e. The highest BCUT2D eigenvalue weighted by molar-refractivity contribution is 7.99. The van der Waals surface area contributed by atoms with Gasteiger partial charge >= 0.3 is 0 Å². The van der Waals surface area contributed by atoms with Gasteiger partial charge in [0.25, 0.3) is 0 Å². The normalized spacial score (nSPS) is 27.0. The summed E-state index contributed by atoms with van der Waals surface area (Å²) in [5.41, 5.74) is 1.87. The van der Waals surface area contributed by atoms with Crippen molar-refractivity contribution in [3.8, 4) is 0 Å². The van der Waals surface area contributed by atoms with Crippen LogP contribution in [-0.4, -0.2) is 41.6 Å². The predicted octanol–water partition coefficient (Wildman–Crippen LogP) is 3.70. The van der Waals surface area contributed by atoms with Crippen molar-refractivity contribution in [1.82, 2.24) is 10.2 Å². The fourth-order valence-electron chi connectivity index (χ4n) is 3.98. The number of rotatable bonds is 4. The molecule has 2 nitrogen and oxygen atoms in total. The molecule has 2 unspecified atom stereocenters. The van der Waals surface area contributed by atoms with E-state index < -0.39 is 0 Å². The molecule has 21 heavy (non-hydrogen) atoms. The minimum absolute atomic E-state index is 0.406. The van der Waals surface area contributed by atoms with Crippen LogP contribution in [0.2, 0.25) is 0 Å². The highest BCUT2D eigenvalue weighted by Crippen LogP contribution is 2.37. The Kier molecular flexibility index (Phi) is 4.92. The van der Waals surface area contributed by atoms with E-state index in [0.29, 0.717) is 16.8 Å². The van der Waals surface area contributed by atoms with Crippen LogP contribution < -0.4 is 5.32 Å². The molecule has 1 saturated carbocycles. The van der Waals surface area contributed by atoms with E-state index in [1.165, 1.54) is 44.3 Å². The van der Waals surface area contributed by atoms with E-state index in [4.69, 9.17) is 0 Å². The highest BCUT2D eigenvalue weighted by Gasteiger charge is 2.41. The fourth-order valence-corrected chi connectivity index (χ4v) is 4.32. The second kappa shape index (κ2) is 6.72. The third-order valence-corrected chi connectivity index (χ3v) is 6.21. The van der Waals surface area contributed by atoms with Gasteiger partial charge in [0, 0.05) is 36.5 Å². The molecule has 3 heteroatoms. The van der Waals surface area contributed by atoms with Crippen LogP contribution in [0.5, 0.6) is 0 Å². The van der Waals surface area contributed by atoms with Crippen molar-refractivity contribution in [1.29, 1.82) is 0 Å². The first-order valence-electron chi connectivity index (χ1n) is 8.29. The van der Waals surface area contributed by atoms with Gasteiger partial charge in [-0.2, -0.15) is 11.8 Å². The van der Waals surface area contributed by atoms with Crippen molar-refractivity contribution >= 4 is 11.8 Å². The smallest absolute Gasteiger partial charge is 0.0474 e. The Morgan fingerprint density at radius 2 is 2.00 bits per heavy atom. The van der Waals surface area contributed by atoms with Crippen LogP contribution in [0.25, 0.3) is 0 Å². The number of hydrogen-bond acceptors (Lipinski definition) is 3. The Bertz CT molecular complexity index is 442. The zero-order valence-electron chi connectivity index (χ0n) is 13.3. The lowest BCUT2D eigenvalue weighted by Gasteiger charge is -2.47.